The monoisotopic (exact) mass is 445 g/mol. The molecular weight excluding hydrogens is 422 g/mol. The molecule has 0 unspecified atom stereocenters. The third-order valence-electron chi connectivity index (χ3n) is 5.36. The Labute approximate surface area is 179 Å². The number of nitrogens with zero attached hydrogens (tertiary/aromatic N) is 2. The predicted octanol–water partition coefficient (Wildman–Crippen LogP) is 3.26. The Morgan fingerprint density at radius 3 is 2.60 bits per heavy atom. The molecule has 1 amide bonds. The highest BCUT2D eigenvalue weighted by atomic mass is 32.2. The molecule has 1 fully saturated rings. The van der Waals surface area contributed by atoms with E-state index in [-0.39, 0.29) is 28.3 Å². The van der Waals surface area contributed by atoms with E-state index >= 15 is 0 Å². The minimum absolute atomic E-state index is 0.0122. The number of fused-ring (bicyclic) bond motifs is 1. The Bertz CT molecular complexity index is 1230. The lowest BCUT2D eigenvalue weighted by Crippen LogP contribution is -2.41. The average molecular weight is 446 g/mol. The molecule has 7 nitrogen and oxygen atoms in total. The summed E-state index contributed by atoms with van der Waals surface area (Å²) in [6.07, 6.45) is 2.78. The molecule has 9 heteroatoms. The number of aromatic nitrogens is 1. The number of anilines is 1. The molecule has 1 atom stereocenters. The van der Waals surface area contributed by atoms with Gasteiger partial charge in [-0.1, -0.05) is 29.9 Å². The summed E-state index contributed by atoms with van der Waals surface area (Å²) in [6, 6.07) is 13.5. The zero-order chi connectivity index (χ0) is 21.3. The van der Waals surface area contributed by atoms with Crippen molar-refractivity contribution in [2.45, 2.75) is 43.7 Å². The van der Waals surface area contributed by atoms with E-state index in [2.05, 4.69) is 5.32 Å². The van der Waals surface area contributed by atoms with E-state index in [4.69, 9.17) is 0 Å². The Kier molecular flexibility index (Phi) is 5.77. The maximum Gasteiger partial charge on any atom is 0.308 e. The normalized spacial score (nSPS) is 17.8. The average Bonchev–Trinajstić information content (AvgIpc) is 3.04. The van der Waals surface area contributed by atoms with Crippen molar-refractivity contribution in [2.75, 3.05) is 11.9 Å². The molecule has 0 radical (unpaired) electrons. The minimum atomic E-state index is -3.55. The molecule has 1 aliphatic rings. The second-order valence-electron chi connectivity index (χ2n) is 7.45. The van der Waals surface area contributed by atoms with Crippen molar-refractivity contribution in [1.29, 1.82) is 0 Å². The van der Waals surface area contributed by atoms with E-state index in [0.29, 0.717) is 12.2 Å². The lowest BCUT2D eigenvalue weighted by Gasteiger charge is -2.32. The molecule has 3 aromatic rings. The van der Waals surface area contributed by atoms with Crippen molar-refractivity contribution in [1.82, 2.24) is 8.87 Å². The quantitative estimate of drug-likeness (QED) is 0.653. The van der Waals surface area contributed by atoms with Crippen LogP contribution in [-0.2, 0) is 21.4 Å². The van der Waals surface area contributed by atoms with Gasteiger partial charge in [0.15, 0.2) is 0 Å². The number of carbonyl (C=O) groups is 1. The molecule has 4 rings (SSSR count). The summed E-state index contributed by atoms with van der Waals surface area (Å²) >= 11 is 1.10. The van der Waals surface area contributed by atoms with Crippen molar-refractivity contribution in [2.24, 2.45) is 0 Å². The van der Waals surface area contributed by atoms with Crippen LogP contribution in [0.3, 0.4) is 0 Å². The van der Waals surface area contributed by atoms with Crippen LogP contribution in [-0.4, -0.2) is 35.8 Å². The number of benzene rings is 2. The van der Waals surface area contributed by atoms with Crippen molar-refractivity contribution in [3.63, 3.8) is 0 Å². The number of piperidine rings is 1. The molecular formula is C21H23N3O4S2. The Morgan fingerprint density at radius 2 is 1.87 bits per heavy atom. The molecule has 1 saturated heterocycles. The predicted molar refractivity (Wildman–Crippen MR) is 118 cm³/mol. The zero-order valence-corrected chi connectivity index (χ0v) is 18.2. The number of hydrogen-bond acceptors (Lipinski definition) is 5. The SMILES string of the molecule is C[C@H]1CCCCN1S(=O)(=O)c1ccc(NC(=O)Cn2c(=O)sc3ccccc32)cc1. The van der Waals surface area contributed by atoms with Crippen molar-refractivity contribution in [3.05, 3.63) is 58.2 Å². The second-order valence-corrected chi connectivity index (χ2v) is 10.3. The fraction of sp³-hybridized carbons (Fsp3) is 0.333. The fourth-order valence-corrected chi connectivity index (χ4v) is 6.37. The van der Waals surface area contributed by atoms with Gasteiger partial charge < -0.3 is 5.32 Å². The topological polar surface area (TPSA) is 88.5 Å². The molecule has 0 bridgehead atoms. The van der Waals surface area contributed by atoms with E-state index in [0.717, 1.165) is 40.8 Å². The summed E-state index contributed by atoms with van der Waals surface area (Å²) in [7, 11) is -3.55. The van der Waals surface area contributed by atoms with Crippen LogP contribution in [0.4, 0.5) is 5.69 Å². The molecule has 30 heavy (non-hydrogen) atoms. The molecule has 2 aromatic carbocycles. The first kappa shape index (κ1) is 20.8. The Balaban J connectivity index is 1.47. The van der Waals surface area contributed by atoms with Crippen LogP contribution in [0.2, 0.25) is 0 Å². The number of nitrogens with one attached hydrogen (secondary N) is 1. The van der Waals surface area contributed by atoms with Crippen LogP contribution >= 0.6 is 11.3 Å². The van der Waals surface area contributed by atoms with Gasteiger partial charge in [-0.2, -0.15) is 4.31 Å². The minimum Gasteiger partial charge on any atom is -0.325 e. The molecule has 0 aliphatic carbocycles. The summed E-state index contributed by atoms with van der Waals surface area (Å²) < 4.78 is 29.6. The van der Waals surface area contributed by atoms with Gasteiger partial charge in [0.25, 0.3) is 0 Å². The van der Waals surface area contributed by atoms with Crippen LogP contribution < -0.4 is 10.2 Å². The van der Waals surface area contributed by atoms with E-state index in [1.807, 2.05) is 31.2 Å². The summed E-state index contributed by atoms with van der Waals surface area (Å²) in [4.78, 5) is 24.7. The largest absolute Gasteiger partial charge is 0.325 e. The van der Waals surface area contributed by atoms with Gasteiger partial charge in [-0.15, -0.1) is 0 Å². The lowest BCUT2D eigenvalue weighted by atomic mass is 10.1. The second kappa shape index (κ2) is 8.33. The maximum atomic E-state index is 12.9. The van der Waals surface area contributed by atoms with Crippen molar-refractivity contribution < 1.29 is 13.2 Å². The highest BCUT2D eigenvalue weighted by Crippen LogP contribution is 2.26. The first-order chi connectivity index (χ1) is 14.4. The number of thiazole rings is 1. The third-order valence-corrected chi connectivity index (χ3v) is 8.35. The van der Waals surface area contributed by atoms with E-state index in [9.17, 15) is 18.0 Å². The van der Waals surface area contributed by atoms with E-state index < -0.39 is 10.0 Å². The summed E-state index contributed by atoms with van der Waals surface area (Å²) in [5.41, 5.74) is 1.21. The zero-order valence-electron chi connectivity index (χ0n) is 16.6. The maximum absolute atomic E-state index is 12.9. The van der Waals surface area contributed by atoms with Crippen LogP contribution in [0.1, 0.15) is 26.2 Å². The molecule has 1 aromatic heterocycles. The smallest absolute Gasteiger partial charge is 0.308 e. The van der Waals surface area contributed by atoms with Crippen molar-refractivity contribution in [3.8, 4) is 0 Å². The number of amides is 1. The number of sulfonamides is 1. The Morgan fingerprint density at radius 1 is 1.13 bits per heavy atom. The van der Waals surface area contributed by atoms with Crippen LogP contribution in [0.25, 0.3) is 10.2 Å². The van der Waals surface area contributed by atoms with Gasteiger partial charge in [0.05, 0.1) is 15.1 Å². The number of carbonyl (C=O) groups excluding carboxylic acids is 1. The first-order valence-electron chi connectivity index (χ1n) is 9.86. The fourth-order valence-electron chi connectivity index (χ4n) is 3.78. The highest BCUT2D eigenvalue weighted by Gasteiger charge is 2.30. The molecule has 0 spiro atoms. The van der Waals surface area contributed by atoms with Crippen LogP contribution in [0.5, 0.6) is 0 Å². The molecule has 158 valence electrons. The van der Waals surface area contributed by atoms with E-state index in [1.54, 1.807) is 16.4 Å². The van der Waals surface area contributed by atoms with Gasteiger partial charge in [-0.25, -0.2) is 8.42 Å². The lowest BCUT2D eigenvalue weighted by molar-refractivity contribution is -0.116. The summed E-state index contributed by atoms with van der Waals surface area (Å²) in [6.45, 7) is 2.36. The molecule has 2 heterocycles. The summed E-state index contributed by atoms with van der Waals surface area (Å²) in [5, 5.41) is 2.74. The summed E-state index contributed by atoms with van der Waals surface area (Å²) in [5.74, 6) is -0.346. The van der Waals surface area contributed by atoms with Gasteiger partial charge in [0.2, 0.25) is 15.9 Å². The first-order valence-corrected chi connectivity index (χ1v) is 12.1. The van der Waals surface area contributed by atoms with Gasteiger partial charge in [0.1, 0.15) is 6.54 Å². The Hall–Kier alpha value is -2.49. The third kappa shape index (κ3) is 4.05. The van der Waals surface area contributed by atoms with Gasteiger partial charge in [0, 0.05) is 18.3 Å². The molecule has 1 N–H and O–H groups in total. The van der Waals surface area contributed by atoms with Gasteiger partial charge >= 0.3 is 4.87 Å². The highest BCUT2D eigenvalue weighted by molar-refractivity contribution is 7.89. The van der Waals surface area contributed by atoms with Crippen LogP contribution in [0.15, 0.2) is 58.2 Å². The molecule has 0 saturated carbocycles. The van der Waals surface area contributed by atoms with Gasteiger partial charge in [-0.3, -0.25) is 14.2 Å². The standard InChI is InChI=1S/C21H23N3O4S2/c1-15-6-4-5-13-24(15)30(27,28)17-11-9-16(10-12-17)22-20(25)14-23-18-7-2-3-8-19(18)29-21(23)26/h2-3,7-12,15H,4-6,13-14H2,1H3,(H,22,25)/t15-/m0/s1. The van der Waals surface area contributed by atoms with E-state index in [1.165, 1.54) is 16.7 Å². The van der Waals surface area contributed by atoms with Gasteiger partial charge in [-0.05, 0) is 56.2 Å². The number of para-hydroxylation sites is 1. The number of rotatable bonds is 5. The molecule has 1 aliphatic heterocycles. The van der Waals surface area contributed by atoms with Crippen molar-refractivity contribution >= 4 is 43.2 Å². The number of hydrogen-bond donors (Lipinski definition) is 1. The van der Waals surface area contributed by atoms with Crippen LogP contribution in [0, 0.1) is 0 Å².